The SMILES string of the molecule is CC[C@H](C)NC(=O)[C@H](Cc1ccccc1)N(Cc1ccccc1F)C(=O)CCCN(c1ccc(C)cc1)S(C)(=O)=O. The number of hydrogen-bond donors (Lipinski definition) is 1. The number of anilines is 1. The van der Waals surface area contributed by atoms with Gasteiger partial charge in [0.05, 0.1) is 11.9 Å². The van der Waals surface area contributed by atoms with Gasteiger partial charge in [0, 0.05) is 37.5 Å². The molecule has 1 N–H and O–H groups in total. The Morgan fingerprint density at radius 1 is 0.951 bits per heavy atom. The number of amides is 2. The molecular weight excluding hydrogens is 541 g/mol. The Labute approximate surface area is 243 Å². The van der Waals surface area contributed by atoms with Gasteiger partial charge in [-0.2, -0.15) is 0 Å². The molecule has 2 amide bonds. The smallest absolute Gasteiger partial charge is 0.243 e. The van der Waals surface area contributed by atoms with Gasteiger partial charge in [-0.1, -0.05) is 73.2 Å². The predicted molar refractivity (Wildman–Crippen MR) is 161 cm³/mol. The van der Waals surface area contributed by atoms with Gasteiger partial charge >= 0.3 is 0 Å². The molecule has 0 aromatic heterocycles. The standard InChI is InChI=1S/C32H40FN3O4S/c1-5-25(3)34-32(38)30(22-26-12-7-6-8-13-26)35(23-27-14-9-10-15-29(27)33)31(37)16-11-21-36(41(4,39)40)28-19-17-24(2)18-20-28/h6-10,12-15,17-20,25,30H,5,11,16,21-23H2,1-4H3,(H,34,38)/t25-,30-/m0/s1. The maximum absolute atomic E-state index is 14.8. The van der Waals surface area contributed by atoms with Crippen LogP contribution in [0.1, 0.15) is 49.8 Å². The molecule has 0 fully saturated rings. The molecule has 0 spiro atoms. The maximum Gasteiger partial charge on any atom is 0.243 e. The van der Waals surface area contributed by atoms with Crippen molar-refractivity contribution in [1.82, 2.24) is 10.2 Å². The van der Waals surface area contributed by atoms with Crippen molar-refractivity contribution in [1.29, 1.82) is 0 Å². The third-order valence-corrected chi connectivity index (χ3v) is 8.24. The van der Waals surface area contributed by atoms with Crippen LogP contribution in [0.5, 0.6) is 0 Å². The minimum atomic E-state index is -3.60. The molecule has 3 aromatic rings. The third kappa shape index (κ3) is 9.42. The van der Waals surface area contributed by atoms with E-state index in [4.69, 9.17) is 0 Å². The summed E-state index contributed by atoms with van der Waals surface area (Å²) >= 11 is 0. The summed E-state index contributed by atoms with van der Waals surface area (Å²) in [5.74, 6) is -1.13. The molecule has 0 bridgehead atoms. The summed E-state index contributed by atoms with van der Waals surface area (Å²) in [6.45, 7) is 5.77. The van der Waals surface area contributed by atoms with Gasteiger partial charge in [0.1, 0.15) is 11.9 Å². The topological polar surface area (TPSA) is 86.8 Å². The molecule has 0 unspecified atom stereocenters. The Hall–Kier alpha value is -3.72. The van der Waals surface area contributed by atoms with Crippen molar-refractivity contribution in [3.63, 3.8) is 0 Å². The highest BCUT2D eigenvalue weighted by atomic mass is 32.2. The van der Waals surface area contributed by atoms with Gasteiger partial charge in [-0.3, -0.25) is 13.9 Å². The zero-order valence-corrected chi connectivity index (χ0v) is 25.0. The number of carbonyl (C=O) groups is 2. The van der Waals surface area contributed by atoms with Gasteiger partial charge in [-0.15, -0.1) is 0 Å². The van der Waals surface area contributed by atoms with E-state index in [0.29, 0.717) is 17.7 Å². The summed E-state index contributed by atoms with van der Waals surface area (Å²) in [6.07, 6.45) is 2.30. The minimum Gasteiger partial charge on any atom is -0.352 e. The monoisotopic (exact) mass is 581 g/mol. The number of carbonyl (C=O) groups excluding carboxylic acids is 2. The summed E-state index contributed by atoms with van der Waals surface area (Å²) in [5, 5.41) is 2.99. The predicted octanol–water partition coefficient (Wildman–Crippen LogP) is 5.24. The normalized spacial score (nSPS) is 12.8. The second-order valence-electron chi connectivity index (χ2n) is 10.4. The minimum absolute atomic E-state index is 0.0196. The van der Waals surface area contributed by atoms with Gasteiger partial charge in [-0.25, -0.2) is 12.8 Å². The highest BCUT2D eigenvalue weighted by Crippen LogP contribution is 2.21. The summed E-state index contributed by atoms with van der Waals surface area (Å²) < 4.78 is 41.2. The molecular formula is C32H40FN3O4S. The first-order chi connectivity index (χ1) is 19.5. The number of halogens is 1. The van der Waals surface area contributed by atoms with Crippen molar-refractivity contribution < 1.29 is 22.4 Å². The van der Waals surface area contributed by atoms with Gasteiger partial charge in [0.15, 0.2) is 0 Å². The van der Waals surface area contributed by atoms with Crippen LogP contribution >= 0.6 is 0 Å². The van der Waals surface area contributed by atoms with Crippen LogP contribution in [-0.4, -0.2) is 50.0 Å². The van der Waals surface area contributed by atoms with Crippen LogP contribution in [0.25, 0.3) is 0 Å². The first-order valence-electron chi connectivity index (χ1n) is 13.9. The summed E-state index contributed by atoms with van der Waals surface area (Å²) in [4.78, 5) is 28.8. The van der Waals surface area contributed by atoms with Crippen molar-refractivity contribution >= 4 is 27.5 Å². The average molecular weight is 582 g/mol. The van der Waals surface area contributed by atoms with Crippen molar-refractivity contribution in [3.05, 3.63) is 101 Å². The quantitative estimate of drug-likeness (QED) is 0.282. The fourth-order valence-corrected chi connectivity index (χ4v) is 5.49. The summed E-state index contributed by atoms with van der Waals surface area (Å²) in [6, 6.07) is 21.7. The molecule has 0 radical (unpaired) electrons. The van der Waals surface area contributed by atoms with Crippen LogP contribution in [0.2, 0.25) is 0 Å². The Morgan fingerprint density at radius 2 is 1.59 bits per heavy atom. The fourth-order valence-electron chi connectivity index (χ4n) is 4.52. The van der Waals surface area contributed by atoms with E-state index in [9.17, 15) is 22.4 Å². The van der Waals surface area contributed by atoms with E-state index >= 15 is 0 Å². The molecule has 220 valence electrons. The lowest BCUT2D eigenvalue weighted by Gasteiger charge is -2.33. The number of sulfonamides is 1. The molecule has 0 aliphatic carbocycles. The van der Waals surface area contributed by atoms with E-state index in [1.807, 2.05) is 63.2 Å². The Bertz CT molecular complexity index is 1400. The van der Waals surface area contributed by atoms with Crippen LogP contribution in [-0.2, 0) is 32.6 Å². The number of hydrogen-bond acceptors (Lipinski definition) is 4. The van der Waals surface area contributed by atoms with Crippen molar-refractivity contribution in [2.75, 3.05) is 17.1 Å². The van der Waals surface area contributed by atoms with E-state index in [1.54, 1.807) is 30.3 Å². The third-order valence-electron chi connectivity index (χ3n) is 7.04. The first-order valence-corrected chi connectivity index (χ1v) is 15.8. The lowest BCUT2D eigenvalue weighted by atomic mass is 10.0. The molecule has 0 aliphatic heterocycles. The van der Waals surface area contributed by atoms with Gasteiger partial charge < -0.3 is 10.2 Å². The lowest BCUT2D eigenvalue weighted by molar-refractivity contribution is -0.141. The zero-order valence-electron chi connectivity index (χ0n) is 24.2. The molecule has 2 atom stereocenters. The van der Waals surface area contributed by atoms with Gasteiger partial charge in [0.2, 0.25) is 21.8 Å². The van der Waals surface area contributed by atoms with E-state index in [2.05, 4.69) is 5.32 Å². The lowest BCUT2D eigenvalue weighted by Crippen LogP contribution is -2.52. The fraction of sp³-hybridized carbons (Fsp3) is 0.375. The molecule has 3 aromatic carbocycles. The highest BCUT2D eigenvalue weighted by molar-refractivity contribution is 7.92. The second kappa shape index (κ2) is 14.8. The van der Waals surface area contributed by atoms with Crippen LogP contribution < -0.4 is 9.62 Å². The van der Waals surface area contributed by atoms with E-state index in [0.717, 1.165) is 17.4 Å². The van der Waals surface area contributed by atoms with E-state index in [1.165, 1.54) is 15.3 Å². The number of nitrogens with zero attached hydrogens (tertiary/aromatic N) is 2. The molecule has 41 heavy (non-hydrogen) atoms. The molecule has 3 rings (SSSR count). The van der Waals surface area contributed by atoms with E-state index in [-0.39, 0.29) is 50.2 Å². The number of aryl methyl sites for hydroxylation is 1. The summed E-state index contributed by atoms with van der Waals surface area (Å²) in [5.41, 5.74) is 2.68. The van der Waals surface area contributed by atoms with Gasteiger partial charge in [-0.05, 0) is 50.5 Å². The van der Waals surface area contributed by atoms with E-state index < -0.39 is 21.9 Å². The first kappa shape index (κ1) is 31.8. The zero-order chi connectivity index (χ0) is 30.0. The maximum atomic E-state index is 14.8. The largest absolute Gasteiger partial charge is 0.352 e. The van der Waals surface area contributed by atoms with Crippen molar-refractivity contribution in [2.24, 2.45) is 0 Å². The number of nitrogens with one attached hydrogen (secondary N) is 1. The Balaban J connectivity index is 1.89. The molecule has 0 saturated carbocycles. The number of rotatable bonds is 14. The Morgan fingerprint density at radius 3 is 2.20 bits per heavy atom. The second-order valence-corrected chi connectivity index (χ2v) is 12.3. The van der Waals surface area contributed by atoms with Crippen LogP contribution in [0, 0.1) is 12.7 Å². The van der Waals surface area contributed by atoms with Crippen LogP contribution in [0.3, 0.4) is 0 Å². The molecule has 7 nitrogen and oxygen atoms in total. The van der Waals surface area contributed by atoms with Crippen molar-refractivity contribution in [3.8, 4) is 0 Å². The van der Waals surface area contributed by atoms with Crippen molar-refractivity contribution in [2.45, 2.75) is 65.1 Å². The summed E-state index contributed by atoms with van der Waals surface area (Å²) in [7, 11) is -3.60. The van der Waals surface area contributed by atoms with Crippen LogP contribution in [0.4, 0.5) is 10.1 Å². The Kier molecular flexibility index (Phi) is 11.5. The van der Waals surface area contributed by atoms with Gasteiger partial charge in [0.25, 0.3) is 0 Å². The molecule has 0 saturated heterocycles. The number of benzene rings is 3. The average Bonchev–Trinajstić information content (AvgIpc) is 2.94. The molecule has 0 heterocycles. The molecule has 0 aliphatic rings. The highest BCUT2D eigenvalue weighted by Gasteiger charge is 2.31. The molecule has 9 heteroatoms. The van der Waals surface area contributed by atoms with Crippen LogP contribution in [0.15, 0.2) is 78.9 Å².